The van der Waals surface area contributed by atoms with Crippen LogP contribution >= 0.6 is 11.3 Å². The van der Waals surface area contributed by atoms with Crippen molar-refractivity contribution >= 4 is 28.3 Å². The highest BCUT2D eigenvalue weighted by Crippen LogP contribution is 2.16. The summed E-state index contributed by atoms with van der Waals surface area (Å²) in [6.07, 6.45) is 3.63. The highest BCUT2D eigenvalue weighted by atomic mass is 32.1. The summed E-state index contributed by atoms with van der Waals surface area (Å²) in [5.74, 6) is 0.510. The maximum Gasteiger partial charge on any atom is 0.253 e. The third kappa shape index (κ3) is 3.22. The molecule has 2 aromatic heterocycles. The summed E-state index contributed by atoms with van der Waals surface area (Å²) < 4.78 is 1.82. The second-order valence-electron chi connectivity index (χ2n) is 6.38. The van der Waals surface area contributed by atoms with Crippen LogP contribution in [0.5, 0.6) is 0 Å². The van der Waals surface area contributed by atoms with Gasteiger partial charge in [-0.2, -0.15) is 4.99 Å². The molecule has 0 bridgehead atoms. The average Bonchev–Trinajstić information content (AvgIpc) is 2.86. The third-order valence-electron chi connectivity index (χ3n) is 3.29. The molecule has 2 heterocycles. The number of fused-ring (bicyclic) bond motifs is 1. The van der Waals surface area contributed by atoms with Crippen LogP contribution in [0.1, 0.15) is 25.6 Å². The van der Waals surface area contributed by atoms with E-state index in [1.54, 1.807) is 6.20 Å². The first-order chi connectivity index (χ1) is 10.8. The molecule has 3 aromatic rings. The van der Waals surface area contributed by atoms with Gasteiger partial charge in [0.2, 0.25) is 0 Å². The molecule has 0 atom stereocenters. The molecule has 0 aliphatic heterocycles. The van der Waals surface area contributed by atoms with Gasteiger partial charge in [-0.25, -0.2) is 4.98 Å². The Morgan fingerprint density at radius 2 is 1.91 bits per heavy atom. The van der Waals surface area contributed by atoms with Crippen LogP contribution in [0.15, 0.2) is 41.7 Å². The fraction of sp³-hybridized carbons (Fsp3) is 0.294. The highest BCUT2D eigenvalue weighted by Gasteiger charge is 2.21. The van der Waals surface area contributed by atoms with Gasteiger partial charge in [0.25, 0.3) is 5.91 Å². The molecule has 0 radical (unpaired) electrons. The summed E-state index contributed by atoms with van der Waals surface area (Å²) in [4.78, 5) is 27.2. The lowest BCUT2D eigenvalue weighted by Gasteiger charge is -2.11. The molecule has 23 heavy (non-hydrogen) atoms. The summed E-state index contributed by atoms with van der Waals surface area (Å²) >= 11 is 1.47. The lowest BCUT2D eigenvalue weighted by atomic mass is 9.96. The molecule has 1 aromatic carbocycles. The lowest BCUT2D eigenvalue weighted by Crippen LogP contribution is -2.23. The van der Waals surface area contributed by atoms with Gasteiger partial charge < -0.3 is 0 Å². The second kappa shape index (κ2) is 5.70. The molecule has 3 rings (SSSR count). The summed E-state index contributed by atoms with van der Waals surface area (Å²) in [6, 6.07) is 7.70. The molecule has 0 saturated carbocycles. The Balaban J connectivity index is 2.16. The minimum atomic E-state index is -0.509. The van der Waals surface area contributed by atoms with Gasteiger partial charge >= 0.3 is 0 Å². The summed E-state index contributed by atoms with van der Waals surface area (Å²) in [5, 5.41) is 0. The first kappa shape index (κ1) is 15.6. The van der Waals surface area contributed by atoms with Gasteiger partial charge in [-0.15, -0.1) is 11.3 Å². The fourth-order valence-corrected chi connectivity index (χ4v) is 2.83. The maximum absolute atomic E-state index is 12.2. The average molecular weight is 326 g/mol. The minimum absolute atomic E-state index is 0.151. The standard InChI is InChI=1S/C17H18N4OS/c1-11-10-21(16(23-11)20-15(22)17(2,3)4)14-9-18-12-7-5-6-8-13(12)19-14/h5-10H,1-4H3/b20-16-. The van der Waals surface area contributed by atoms with Crippen molar-refractivity contribution in [2.24, 2.45) is 10.4 Å². The highest BCUT2D eigenvalue weighted by molar-refractivity contribution is 7.09. The second-order valence-corrected chi connectivity index (χ2v) is 7.59. The number of para-hydroxylation sites is 2. The number of benzene rings is 1. The van der Waals surface area contributed by atoms with Gasteiger partial charge in [0.05, 0.1) is 17.2 Å². The zero-order chi connectivity index (χ0) is 16.6. The van der Waals surface area contributed by atoms with Crippen molar-refractivity contribution in [3.63, 3.8) is 0 Å². The smallest absolute Gasteiger partial charge is 0.253 e. The van der Waals surface area contributed by atoms with Crippen molar-refractivity contribution in [1.29, 1.82) is 0 Å². The van der Waals surface area contributed by atoms with E-state index in [0.717, 1.165) is 15.9 Å². The van der Waals surface area contributed by atoms with Crippen molar-refractivity contribution in [3.8, 4) is 5.82 Å². The van der Waals surface area contributed by atoms with Crippen LogP contribution in [0.3, 0.4) is 0 Å². The topological polar surface area (TPSA) is 60.1 Å². The molecular weight excluding hydrogens is 308 g/mol. The van der Waals surface area contributed by atoms with Gasteiger partial charge in [0, 0.05) is 16.5 Å². The van der Waals surface area contributed by atoms with E-state index in [-0.39, 0.29) is 5.91 Å². The molecule has 6 heteroatoms. The van der Waals surface area contributed by atoms with Gasteiger partial charge in [-0.3, -0.25) is 14.3 Å². The molecule has 0 unspecified atom stereocenters. The maximum atomic E-state index is 12.2. The van der Waals surface area contributed by atoms with Crippen LogP contribution in [-0.4, -0.2) is 20.4 Å². The van der Waals surface area contributed by atoms with E-state index in [1.165, 1.54) is 11.3 Å². The number of thiazole rings is 1. The number of aromatic nitrogens is 3. The molecule has 5 nitrogen and oxygen atoms in total. The molecule has 118 valence electrons. The Hall–Kier alpha value is -2.34. The van der Waals surface area contributed by atoms with E-state index in [4.69, 9.17) is 0 Å². The van der Waals surface area contributed by atoms with E-state index in [2.05, 4.69) is 15.0 Å². The normalized spacial score (nSPS) is 12.8. The number of carbonyl (C=O) groups is 1. The first-order valence-corrected chi connectivity index (χ1v) is 8.17. The molecule has 0 aliphatic rings. The van der Waals surface area contributed by atoms with E-state index in [0.29, 0.717) is 10.6 Å². The van der Waals surface area contributed by atoms with E-state index < -0.39 is 5.41 Å². The van der Waals surface area contributed by atoms with Crippen LogP contribution in [-0.2, 0) is 4.79 Å². The minimum Gasteiger partial charge on any atom is -0.275 e. The van der Waals surface area contributed by atoms with Gasteiger partial charge in [-0.1, -0.05) is 32.9 Å². The van der Waals surface area contributed by atoms with Crippen molar-refractivity contribution in [2.75, 3.05) is 0 Å². The molecule has 0 spiro atoms. The summed E-state index contributed by atoms with van der Waals surface area (Å²) in [5.41, 5.74) is 1.15. The zero-order valence-electron chi connectivity index (χ0n) is 13.6. The van der Waals surface area contributed by atoms with E-state index in [9.17, 15) is 4.79 Å². The zero-order valence-corrected chi connectivity index (χ0v) is 14.4. The first-order valence-electron chi connectivity index (χ1n) is 7.35. The van der Waals surface area contributed by atoms with Crippen molar-refractivity contribution in [1.82, 2.24) is 14.5 Å². The number of aryl methyl sites for hydroxylation is 1. The van der Waals surface area contributed by atoms with Gasteiger partial charge in [0.1, 0.15) is 0 Å². The van der Waals surface area contributed by atoms with Crippen LogP contribution in [0.4, 0.5) is 0 Å². The van der Waals surface area contributed by atoms with E-state index >= 15 is 0 Å². The Bertz CT molecular complexity index is 947. The van der Waals surface area contributed by atoms with E-state index in [1.807, 2.05) is 62.7 Å². The van der Waals surface area contributed by atoms with Crippen molar-refractivity contribution < 1.29 is 4.79 Å². The Morgan fingerprint density at radius 3 is 2.61 bits per heavy atom. The molecular formula is C17H18N4OS. The number of rotatable bonds is 1. The monoisotopic (exact) mass is 326 g/mol. The summed E-state index contributed by atoms with van der Waals surface area (Å²) in [7, 11) is 0. The molecule has 0 fully saturated rings. The Kier molecular flexibility index (Phi) is 3.85. The number of nitrogens with zero attached hydrogens (tertiary/aromatic N) is 4. The fourth-order valence-electron chi connectivity index (χ4n) is 2.02. The molecule has 0 N–H and O–H groups in total. The van der Waals surface area contributed by atoms with Crippen molar-refractivity contribution in [3.05, 3.63) is 46.3 Å². The summed E-state index contributed by atoms with van der Waals surface area (Å²) in [6.45, 7) is 7.56. The number of hydrogen-bond acceptors (Lipinski definition) is 4. The van der Waals surface area contributed by atoms with Crippen LogP contribution in [0.25, 0.3) is 16.9 Å². The van der Waals surface area contributed by atoms with Crippen LogP contribution in [0, 0.1) is 12.3 Å². The SMILES string of the molecule is Cc1cn(-c2cnc3ccccc3n2)/c(=N/C(=O)C(C)(C)C)s1. The quantitative estimate of drug-likeness (QED) is 0.689. The molecule has 1 amide bonds. The molecule has 0 saturated heterocycles. The Labute approximate surface area is 138 Å². The predicted octanol–water partition coefficient (Wildman–Crippen LogP) is 3.26. The van der Waals surface area contributed by atoms with Crippen LogP contribution in [0.2, 0.25) is 0 Å². The lowest BCUT2D eigenvalue weighted by molar-refractivity contribution is -0.125. The largest absolute Gasteiger partial charge is 0.275 e. The Morgan fingerprint density at radius 1 is 1.22 bits per heavy atom. The van der Waals surface area contributed by atoms with Gasteiger partial charge in [0.15, 0.2) is 10.6 Å². The number of carbonyl (C=O) groups excluding carboxylic acids is 1. The third-order valence-corrected chi connectivity index (χ3v) is 4.19. The van der Waals surface area contributed by atoms with Crippen LogP contribution < -0.4 is 4.80 Å². The number of amides is 1. The van der Waals surface area contributed by atoms with Gasteiger partial charge in [-0.05, 0) is 19.1 Å². The number of hydrogen-bond donors (Lipinski definition) is 0. The predicted molar refractivity (Wildman–Crippen MR) is 91.5 cm³/mol. The van der Waals surface area contributed by atoms with Crippen molar-refractivity contribution in [2.45, 2.75) is 27.7 Å². The molecule has 0 aliphatic carbocycles.